The monoisotopic (exact) mass is 434 g/mol. The molecule has 1 N–H and O–H groups in total. The van der Waals surface area contributed by atoms with Gasteiger partial charge in [-0.2, -0.15) is 15.1 Å². The summed E-state index contributed by atoms with van der Waals surface area (Å²) in [7, 11) is 1.62. The van der Waals surface area contributed by atoms with Crippen LogP contribution in [0.1, 0.15) is 42.7 Å². The van der Waals surface area contributed by atoms with Crippen molar-refractivity contribution in [3.8, 4) is 11.8 Å². The van der Waals surface area contributed by atoms with E-state index in [0.29, 0.717) is 18.0 Å². The highest BCUT2D eigenvalue weighted by Gasteiger charge is 2.36. The summed E-state index contributed by atoms with van der Waals surface area (Å²) in [5, 5.41) is 9.32. The standard InChI is InChI=1S/C24H30N6O2/c1-15-9-17-12-26-30(21(17)10-20(15)16-5-7-25-8-6-16)23-11-22(27-24(28-23)31-2)29-13-19-4-3-18(29)14-32-19/h9-12,16,18-19,25H,3-8,13-14H2,1-2H3. The van der Waals surface area contributed by atoms with Crippen molar-refractivity contribution in [2.24, 2.45) is 0 Å². The maximum Gasteiger partial charge on any atom is 0.320 e. The normalized spacial score (nSPS) is 23.8. The third kappa shape index (κ3) is 3.42. The van der Waals surface area contributed by atoms with E-state index in [-0.39, 0.29) is 6.10 Å². The molecule has 168 valence electrons. The Morgan fingerprint density at radius 2 is 1.91 bits per heavy atom. The van der Waals surface area contributed by atoms with Crippen LogP contribution < -0.4 is 15.0 Å². The van der Waals surface area contributed by atoms with Crippen molar-refractivity contribution in [1.82, 2.24) is 25.1 Å². The van der Waals surface area contributed by atoms with Gasteiger partial charge in [0.05, 0.1) is 37.6 Å². The highest BCUT2D eigenvalue weighted by atomic mass is 16.5. The topological polar surface area (TPSA) is 77.3 Å². The van der Waals surface area contributed by atoms with Gasteiger partial charge in [0.2, 0.25) is 0 Å². The minimum Gasteiger partial charge on any atom is -0.467 e. The third-order valence-electron chi connectivity index (χ3n) is 7.29. The molecule has 6 heterocycles. The minimum atomic E-state index is 0.283. The summed E-state index contributed by atoms with van der Waals surface area (Å²) in [6.45, 7) is 6.00. The smallest absolute Gasteiger partial charge is 0.320 e. The minimum absolute atomic E-state index is 0.283. The number of ether oxygens (including phenoxy) is 2. The molecule has 4 saturated heterocycles. The Balaban J connectivity index is 1.42. The third-order valence-corrected chi connectivity index (χ3v) is 7.29. The molecule has 0 saturated carbocycles. The van der Waals surface area contributed by atoms with E-state index in [1.807, 2.05) is 16.9 Å². The van der Waals surface area contributed by atoms with Crippen LogP contribution in [-0.2, 0) is 4.74 Å². The zero-order chi connectivity index (χ0) is 21.7. The molecule has 2 atom stereocenters. The lowest BCUT2D eigenvalue weighted by molar-refractivity contribution is -0.0229. The van der Waals surface area contributed by atoms with E-state index in [2.05, 4.69) is 39.2 Å². The Morgan fingerprint density at radius 1 is 1.06 bits per heavy atom. The Labute approximate surface area is 187 Å². The van der Waals surface area contributed by atoms with Crippen LogP contribution in [0.4, 0.5) is 5.82 Å². The molecule has 4 aliphatic heterocycles. The van der Waals surface area contributed by atoms with E-state index in [0.717, 1.165) is 61.6 Å². The molecule has 8 heteroatoms. The van der Waals surface area contributed by atoms with E-state index in [1.54, 1.807) is 7.11 Å². The number of hydrogen-bond donors (Lipinski definition) is 1. The van der Waals surface area contributed by atoms with Crippen LogP contribution in [0.3, 0.4) is 0 Å². The summed E-state index contributed by atoms with van der Waals surface area (Å²) < 4.78 is 13.3. The second-order valence-corrected chi connectivity index (χ2v) is 9.26. The van der Waals surface area contributed by atoms with E-state index in [4.69, 9.17) is 14.6 Å². The molecule has 2 bridgehead atoms. The van der Waals surface area contributed by atoms with Crippen molar-refractivity contribution >= 4 is 16.7 Å². The Hall–Kier alpha value is -2.71. The SMILES string of the molecule is COc1nc(N2CC3CCC2CO3)cc(-n2ncc3cc(C)c(C4CCNCC4)cc32)n1. The molecule has 4 fully saturated rings. The first-order chi connectivity index (χ1) is 15.7. The summed E-state index contributed by atoms with van der Waals surface area (Å²) in [5.74, 6) is 2.21. The van der Waals surface area contributed by atoms with Gasteiger partial charge in [0.15, 0.2) is 5.82 Å². The summed E-state index contributed by atoms with van der Waals surface area (Å²) in [4.78, 5) is 11.7. The van der Waals surface area contributed by atoms with Crippen LogP contribution >= 0.6 is 0 Å². The molecule has 0 amide bonds. The van der Waals surface area contributed by atoms with Gasteiger partial charge in [-0.1, -0.05) is 0 Å². The molecule has 4 aliphatic rings. The van der Waals surface area contributed by atoms with Gasteiger partial charge >= 0.3 is 6.01 Å². The van der Waals surface area contributed by atoms with Crippen molar-refractivity contribution in [3.05, 3.63) is 35.5 Å². The van der Waals surface area contributed by atoms with Crippen LogP contribution in [0.2, 0.25) is 0 Å². The largest absolute Gasteiger partial charge is 0.467 e. The molecule has 7 rings (SSSR count). The summed E-state index contributed by atoms with van der Waals surface area (Å²) in [5.41, 5.74) is 3.85. The number of hydrogen-bond acceptors (Lipinski definition) is 7. The van der Waals surface area contributed by atoms with Crippen LogP contribution in [0.15, 0.2) is 24.4 Å². The fraction of sp³-hybridized carbons (Fsp3) is 0.542. The molecule has 8 nitrogen and oxygen atoms in total. The number of methoxy groups -OCH3 is 1. The van der Waals surface area contributed by atoms with Gasteiger partial charge in [0.1, 0.15) is 5.82 Å². The second-order valence-electron chi connectivity index (χ2n) is 9.26. The van der Waals surface area contributed by atoms with E-state index >= 15 is 0 Å². The van der Waals surface area contributed by atoms with E-state index in [9.17, 15) is 0 Å². The average molecular weight is 435 g/mol. The molecular formula is C24H30N6O2. The number of fused-ring (bicyclic) bond motifs is 4. The molecular weight excluding hydrogens is 404 g/mol. The molecule has 32 heavy (non-hydrogen) atoms. The average Bonchev–Trinajstić information content (AvgIpc) is 3.27. The quantitative estimate of drug-likeness (QED) is 0.676. The summed E-state index contributed by atoms with van der Waals surface area (Å²) in [6.07, 6.45) is 6.82. The number of aromatic nitrogens is 4. The molecule has 0 spiro atoms. The lowest BCUT2D eigenvalue weighted by Crippen LogP contribution is -2.54. The van der Waals surface area contributed by atoms with Gasteiger partial charge in [-0.3, -0.25) is 0 Å². The van der Waals surface area contributed by atoms with Crippen molar-refractivity contribution in [1.29, 1.82) is 0 Å². The first kappa shape index (κ1) is 19.9. The van der Waals surface area contributed by atoms with Crippen molar-refractivity contribution in [3.63, 3.8) is 0 Å². The maximum absolute atomic E-state index is 5.89. The molecule has 1 aromatic carbocycles. The number of anilines is 1. The highest BCUT2D eigenvalue weighted by Crippen LogP contribution is 2.34. The summed E-state index contributed by atoms with van der Waals surface area (Å²) >= 11 is 0. The Bertz CT molecular complexity index is 1130. The van der Waals surface area contributed by atoms with Crippen LogP contribution in [0.25, 0.3) is 16.7 Å². The number of rotatable bonds is 4. The highest BCUT2D eigenvalue weighted by molar-refractivity contribution is 5.82. The van der Waals surface area contributed by atoms with Gasteiger partial charge in [0, 0.05) is 18.0 Å². The molecule has 0 aliphatic carbocycles. The zero-order valence-corrected chi connectivity index (χ0v) is 18.8. The Kier molecular flexibility index (Phi) is 4.99. The van der Waals surface area contributed by atoms with Crippen LogP contribution in [0, 0.1) is 6.92 Å². The fourth-order valence-corrected chi connectivity index (χ4v) is 5.54. The molecule has 3 aromatic rings. The van der Waals surface area contributed by atoms with Crippen molar-refractivity contribution in [2.45, 2.75) is 50.7 Å². The number of aryl methyl sites for hydroxylation is 1. The molecule has 2 aromatic heterocycles. The van der Waals surface area contributed by atoms with E-state index < -0.39 is 0 Å². The predicted octanol–water partition coefficient (Wildman–Crippen LogP) is 2.97. The van der Waals surface area contributed by atoms with Crippen molar-refractivity contribution < 1.29 is 9.47 Å². The number of nitrogens with one attached hydrogen (secondary N) is 1. The van der Waals surface area contributed by atoms with Gasteiger partial charge in [-0.25, -0.2) is 4.68 Å². The molecule has 2 unspecified atom stereocenters. The summed E-state index contributed by atoms with van der Waals surface area (Å²) in [6, 6.07) is 7.35. The predicted molar refractivity (Wildman–Crippen MR) is 123 cm³/mol. The first-order valence-electron chi connectivity index (χ1n) is 11.7. The number of benzene rings is 1. The van der Waals surface area contributed by atoms with Gasteiger partial charge < -0.3 is 19.7 Å². The Morgan fingerprint density at radius 3 is 2.62 bits per heavy atom. The lowest BCUT2D eigenvalue weighted by Gasteiger charge is -2.45. The number of morpholine rings is 1. The number of nitrogens with zero attached hydrogens (tertiary/aromatic N) is 5. The van der Waals surface area contributed by atoms with Gasteiger partial charge in [-0.15, -0.1) is 0 Å². The van der Waals surface area contributed by atoms with E-state index in [1.165, 1.54) is 24.0 Å². The number of piperidine rings is 2. The van der Waals surface area contributed by atoms with Gasteiger partial charge in [0.25, 0.3) is 0 Å². The zero-order valence-electron chi connectivity index (χ0n) is 18.8. The van der Waals surface area contributed by atoms with Crippen LogP contribution in [-0.4, -0.2) is 65.2 Å². The lowest BCUT2D eigenvalue weighted by atomic mass is 9.87. The first-order valence-corrected chi connectivity index (χ1v) is 11.7. The molecule has 0 radical (unpaired) electrons. The van der Waals surface area contributed by atoms with Crippen LogP contribution in [0.5, 0.6) is 6.01 Å². The second kappa shape index (κ2) is 8.01. The fourth-order valence-electron chi connectivity index (χ4n) is 5.54. The van der Waals surface area contributed by atoms with Gasteiger partial charge in [-0.05, 0) is 74.9 Å². The van der Waals surface area contributed by atoms with Crippen molar-refractivity contribution in [2.75, 3.05) is 38.3 Å². The maximum atomic E-state index is 5.89.